The van der Waals surface area contributed by atoms with Gasteiger partial charge in [0, 0.05) is 36.7 Å². The van der Waals surface area contributed by atoms with Crippen LogP contribution in [0, 0.1) is 12.7 Å². The molecular formula is C17H21FN2O. The zero-order valence-corrected chi connectivity index (χ0v) is 12.7. The molecule has 0 saturated heterocycles. The monoisotopic (exact) mass is 288 g/mol. The van der Waals surface area contributed by atoms with Crippen molar-refractivity contribution in [3.8, 4) is 0 Å². The number of aryl methyl sites for hydroxylation is 1. The predicted molar refractivity (Wildman–Crippen MR) is 82.7 cm³/mol. The number of nitrogens with zero attached hydrogens (tertiary/aromatic N) is 2. The van der Waals surface area contributed by atoms with Gasteiger partial charge < -0.3 is 10.0 Å². The number of halogens is 1. The minimum absolute atomic E-state index is 0.283. The van der Waals surface area contributed by atoms with Crippen LogP contribution < -0.4 is 4.90 Å². The van der Waals surface area contributed by atoms with Crippen LogP contribution in [0.5, 0.6) is 0 Å². The minimum Gasteiger partial charge on any atom is -0.389 e. The number of aliphatic hydroxyl groups excluding tert-OH is 1. The third kappa shape index (κ3) is 3.58. The fourth-order valence-electron chi connectivity index (χ4n) is 2.37. The summed E-state index contributed by atoms with van der Waals surface area (Å²) < 4.78 is 13.8. The van der Waals surface area contributed by atoms with E-state index >= 15 is 0 Å². The zero-order valence-electron chi connectivity index (χ0n) is 12.7. The van der Waals surface area contributed by atoms with Crippen molar-refractivity contribution in [3.63, 3.8) is 0 Å². The first-order valence-electron chi connectivity index (χ1n) is 7.15. The van der Waals surface area contributed by atoms with Gasteiger partial charge in [-0.15, -0.1) is 0 Å². The van der Waals surface area contributed by atoms with Crippen molar-refractivity contribution in [2.45, 2.75) is 33.4 Å². The summed E-state index contributed by atoms with van der Waals surface area (Å²) in [5, 5.41) is 9.93. The molecule has 1 aromatic heterocycles. The molecule has 1 atom stereocenters. The van der Waals surface area contributed by atoms with Crippen molar-refractivity contribution in [2.24, 2.45) is 0 Å². The van der Waals surface area contributed by atoms with Gasteiger partial charge in [-0.1, -0.05) is 0 Å². The highest BCUT2D eigenvalue weighted by molar-refractivity contribution is 5.57. The van der Waals surface area contributed by atoms with Crippen molar-refractivity contribution in [3.05, 3.63) is 59.2 Å². The van der Waals surface area contributed by atoms with Crippen molar-refractivity contribution < 1.29 is 9.50 Å². The van der Waals surface area contributed by atoms with Crippen LogP contribution in [0.1, 0.15) is 36.6 Å². The molecular weight excluding hydrogens is 267 g/mol. The molecule has 3 nitrogen and oxygen atoms in total. The van der Waals surface area contributed by atoms with Crippen molar-refractivity contribution >= 4 is 5.69 Å². The van der Waals surface area contributed by atoms with Crippen molar-refractivity contribution in [2.75, 3.05) is 11.4 Å². The topological polar surface area (TPSA) is 36.4 Å². The summed E-state index contributed by atoms with van der Waals surface area (Å²) in [6, 6.07) is 7.16. The molecule has 0 aliphatic carbocycles. The summed E-state index contributed by atoms with van der Waals surface area (Å²) in [4.78, 5) is 6.14. The van der Waals surface area contributed by atoms with E-state index in [1.807, 2.05) is 25.1 Å². The summed E-state index contributed by atoms with van der Waals surface area (Å²) in [5.74, 6) is -0.283. The number of anilines is 1. The SMILES string of the molecule is CCN(Cc1ccncc1)c1cc(C)c(F)cc1[C@@H](C)O. The van der Waals surface area contributed by atoms with E-state index in [-0.39, 0.29) is 5.82 Å². The van der Waals surface area contributed by atoms with Crippen LogP contribution in [0.2, 0.25) is 0 Å². The highest BCUT2D eigenvalue weighted by Crippen LogP contribution is 2.30. The van der Waals surface area contributed by atoms with Crippen molar-refractivity contribution in [1.29, 1.82) is 0 Å². The van der Waals surface area contributed by atoms with E-state index in [1.54, 1.807) is 26.2 Å². The second kappa shape index (κ2) is 6.68. The van der Waals surface area contributed by atoms with E-state index in [9.17, 15) is 9.50 Å². The Morgan fingerprint density at radius 2 is 1.95 bits per heavy atom. The van der Waals surface area contributed by atoms with Gasteiger partial charge in [0.15, 0.2) is 0 Å². The second-order valence-corrected chi connectivity index (χ2v) is 5.21. The van der Waals surface area contributed by atoms with Crippen molar-refractivity contribution in [1.82, 2.24) is 4.98 Å². The zero-order chi connectivity index (χ0) is 15.4. The maximum absolute atomic E-state index is 13.8. The number of aliphatic hydroxyl groups is 1. The smallest absolute Gasteiger partial charge is 0.126 e. The summed E-state index contributed by atoms with van der Waals surface area (Å²) in [5.41, 5.74) is 3.21. The third-order valence-electron chi connectivity index (χ3n) is 3.60. The highest BCUT2D eigenvalue weighted by Gasteiger charge is 2.16. The van der Waals surface area contributed by atoms with Gasteiger partial charge in [0.1, 0.15) is 5.82 Å². The molecule has 0 radical (unpaired) electrons. The van der Waals surface area contributed by atoms with E-state index in [0.29, 0.717) is 17.7 Å². The summed E-state index contributed by atoms with van der Waals surface area (Å²) in [7, 11) is 0. The van der Waals surface area contributed by atoms with Crippen LogP contribution >= 0.6 is 0 Å². The quantitative estimate of drug-likeness (QED) is 0.913. The van der Waals surface area contributed by atoms with E-state index in [1.165, 1.54) is 6.07 Å². The number of pyridine rings is 1. The first kappa shape index (κ1) is 15.4. The maximum atomic E-state index is 13.8. The molecule has 0 spiro atoms. The maximum Gasteiger partial charge on any atom is 0.126 e. The molecule has 112 valence electrons. The lowest BCUT2D eigenvalue weighted by Crippen LogP contribution is -2.24. The first-order valence-corrected chi connectivity index (χ1v) is 7.15. The number of benzene rings is 1. The lowest BCUT2D eigenvalue weighted by molar-refractivity contribution is 0.199. The number of hydrogen-bond acceptors (Lipinski definition) is 3. The molecule has 21 heavy (non-hydrogen) atoms. The predicted octanol–water partition coefficient (Wildman–Crippen LogP) is 3.61. The summed E-state index contributed by atoms with van der Waals surface area (Å²) in [6.45, 7) is 6.92. The Bertz CT molecular complexity index is 599. The van der Waals surface area contributed by atoms with Gasteiger partial charge in [0.25, 0.3) is 0 Å². The summed E-state index contributed by atoms with van der Waals surface area (Å²) >= 11 is 0. The Kier molecular flexibility index (Phi) is 4.91. The molecule has 0 aliphatic heterocycles. The Morgan fingerprint density at radius 1 is 1.29 bits per heavy atom. The Labute approximate surface area is 125 Å². The van der Waals surface area contributed by atoms with Crippen LogP contribution in [0.15, 0.2) is 36.7 Å². The average Bonchev–Trinajstić information content (AvgIpc) is 2.48. The van der Waals surface area contributed by atoms with E-state index in [4.69, 9.17) is 0 Å². The van der Waals surface area contributed by atoms with Gasteiger partial charge in [-0.05, 0) is 56.2 Å². The standard InChI is InChI=1S/C17H21FN2O/c1-4-20(11-14-5-7-19-8-6-14)17-9-12(2)16(18)10-15(17)13(3)21/h5-10,13,21H,4,11H2,1-3H3/t13-/m1/s1. The van der Waals surface area contributed by atoms with Crippen LogP contribution in [-0.4, -0.2) is 16.6 Å². The molecule has 0 fully saturated rings. The second-order valence-electron chi connectivity index (χ2n) is 5.21. The van der Waals surface area contributed by atoms with E-state index in [2.05, 4.69) is 9.88 Å². The van der Waals surface area contributed by atoms with Crippen LogP contribution in [-0.2, 0) is 6.54 Å². The molecule has 0 saturated carbocycles. The Hall–Kier alpha value is -1.94. The normalized spacial score (nSPS) is 12.2. The molecule has 2 rings (SSSR count). The molecule has 1 N–H and O–H groups in total. The molecule has 4 heteroatoms. The van der Waals surface area contributed by atoms with Crippen LogP contribution in [0.3, 0.4) is 0 Å². The first-order chi connectivity index (χ1) is 10.0. The fraction of sp³-hybridized carbons (Fsp3) is 0.353. The fourth-order valence-corrected chi connectivity index (χ4v) is 2.37. The van der Waals surface area contributed by atoms with Crippen LogP contribution in [0.4, 0.5) is 10.1 Å². The van der Waals surface area contributed by atoms with Gasteiger partial charge in [-0.25, -0.2) is 4.39 Å². The van der Waals surface area contributed by atoms with Gasteiger partial charge in [0.05, 0.1) is 6.10 Å². The van der Waals surface area contributed by atoms with Crippen LogP contribution in [0.25, 0.3) is 0 Å². The number of aromatic nitrogens is 1. The van der Waals surface area contributed by atoms with Gasteiger partial charge >= 0.3 is 0 Å². The molecule has 0 unspecified atom stereocenters. The molecule has 1 aromatic carbocycles. The van der Waals surface area contributed by atoms with Gasteiger partial charge in [0.2, 0.25) is 0 Å². The average molecular weight is 288 g/mol. The lowest BCUT2D eigenvalue weighted by atomic mass is 10.0. The number of rotatable bonds is 5. The lowest BCUT2D eigenvalue weighted by Gasteiger charge is -2.27. The van der Waals surface area contributed by atoms with Gasteiger partial charge in [-0.3, -0.25) is 4.98 Å². The Balaban J connectivity index is 2.39. The molecule has 0 aliphatic rings. The van der Waals surface area contributed by atoms with E-state index < -0.39 is 6.10 Å². The minimum atomic E-state index is -0.707. The Morgan fingerprint density at radius 3 is 2.52 bits per heavy atom. The number of hydrogen-bond donors (Lipinski definition) is 1. The molecule has 0 amide bonds. The van der Waals surface area contributed by atoms with E-state index in [0.717, 1.165) is 17.8 Å². The third-order valence-corrected chi connectivity index (χ3v) is 3.60. The van der Waals surface area contributed by atoms with Gasteiger partial charge in [-0.2, -0.15) is 0 Å². The molecule has 0 bridgehead atoms. The molecule has 1 heterocycles. The highest BCUT2D eigenvalue weighted by atomic mass is 19.1. The molecule has 2 aromatic rings. The summed E-state index contributed by atoms with van der Waals surface area (Å²) in [6.07, 6.45) is 2.81. The largest absolute Gasteiger partial charge is 0.389 e.